The average molecular weight is 284 g/mol. The number of pyridine rings is 1. The third-order valence-electron chi connectivity index (χ3n) is 3.12. The second kappa shape index (κ2) is 4.51. The van der Waals surface area contributed by atoms with Gasteiger partial charge in [0.2, 0.25) is 0 Å². The summed E-state index contributed by atoms with van der Waals surface area (Å²) in [5, 5.41) is 0. The fourth-order valence-electron chi connectivity index (χ4n) is 2.12. The summed E-state index contributed by atoms with van der Waals surface area (Å²) in [6.45, 7) is 0.890. The van der Waals surface area contributed by atoms with Gasteiger partial charge in [-0.1, -0.05) is 0 Å². The van der Waals surface area contributed by atoms with Crippen LogP contribution in [0.1, 0.15) is 17.9 Å². The Kier molecular flexibility index (Phi) is 3.25. The van der Waals surface area contributed by atoms with Gasteiger partial charge in [0, 0.05) is 18.7 Å². The van der Waals surface area contributed by atoms with Crippen molar-refractivity contribution in [3.05, 3.63) is 22.3 Å². The Morgan fingerprint density at radius 3 is 3.00 bits per heavy atom. The van der Waals surface area contributed by atoms with Gasteiger partial charge in [0.1, 0.15) is 12.1 Å². The molecule has 1 aliphatic rings. The first-order valence-electron chi connectivity index (χ1n) is 5.18. The minimum Gasteiger partial charge on any atom is -0.383 e. The molecule has 5 heteroatoms. The number of nitrogens with two attached hydrogens (primary N) is 1. The van der Waals surface area contributed by atoms with Gasteiger partial charge in [-0.05, 0) is 41.0 Å². The standard InChI is InChI=1S/C11H14BrN3O/c1-15-5-8(2-9(15)6-16)7-3-10(12)11(13)14-4-7/h3-4,6,8-9H,2,5H2,1H3,(H2,13,14). The molecule has 1 aromatic rings. The van der Waals surface area contributed by atoms with Crippen molar-refractivity contribution in [3.63, 3.8) is 0 Å². The third-order valence-corrected chi connectivity index (χ3v) is 3.75. The molecule has 0 radical (unpaired) electrons. The molecule has 1 saturated heterocycles. The molecule has 2 rings (SSSR count). The first kappa shape index (κ1) is 11.5. The number of likely N-dealkylation sites (N-methyl/N-ethyl adjacent to an activating group) is 1. The molecule has 1 aromatic heterocycles. The number of carbonyl (C=O) groups excluding carboxylic acids is 1. The summed E-state index contributed by atoms with van der Waals surface area (Å²) in [6.07, 6.45) is 3.67. The van der Waals surface area contributed by atoms with E-state index in [4.69, 9.17) is 5.73 Å². The summed E-state index contributed by atoms with van der Waals surface area (Å²) in [5.74, 6) is 0.867. The molecule has 0 spiro atoms. The van der Waals surface area contributed by atoms with Crippen LogP contribution in [0.4, 0.5) is 5.82 Å². The van der Waals surface area contributed by atoms with E-state index in [0.29, 0.717) is 11.7 Å². The van der Waals surface area contributed by atoms with Crippen LogP contribution < -0.4 is 5.73 Å². The summed E-state index contributed by atoms with van der Waals surface area (Å²) in [6, 6.07) is 2.02. The van der Waals surface area contributed by atoms with Crippen LogP contribution in [0.25, 0.3) is 0 Å². The van der Waals surface area contributed by atoms with Crippen LogP contribution >= 0.6 is 15.9 Å². The van der Waals surface area contributed by atoms with Gasteiger partial charge in [-0.2, -0.15) is 0 Å². The second-order valence-electron chi connectivity index (χ2n) is 4.21. The van der Waals surface area contributed by atoms with Crippen molar-refractivity contribution in [3.8, 4) is 0 Å². The molecule has 2 atom stereocenters. The molecule has 4 nitrogen and oxygen atoms in total. The first-order chi connectivity index (χ1) is 7.61. The lowest BCUT2D eigenvalue weighted by atomic mass is 9.98. The maximum absolute atomic E-state index is 10.8. The molecule has 0 bridgehead atoms. The first-order valence-corrected chi connectivity index (χ1v) is 5.97. The Morgan fingerprint density at radius 2 is 2.44 bits per heavy atom. The van der Waals surface area contributed by atoms with Crippen molar-refractivity contribution in [1.82, 2.24) is 9.88 Å². The maximum atomic E-state index is 10.8. The molecule has 1 fully saturated rings. The lowest BCUT2D eigenvalue weighted by Crippen LogP contribution is -2.25. The SMILES string of the molecule is CN1CC(c2cnc(N)c(Br)c2)CC1C=O. The van der Waals surface area contributed by atoms with Crippen molar-refractivity contribution in [2.75, 3.05) is 19.3 Å². The zero-order valence-electron chi connectivity index (χ0n) is 9.06. The van der Waals surface area contributed by atoms with E-state index >= 15 is 0 Å². The van der Waals surface area contributed by atoms with Crippen LogP contribution in [0.3, 0.4) is 0 Å². The average Bonchev–Trinajstić information content (AvgIpc) is 2.64. The smallest absolute Gasteiger partial charge is 0.137 e. The molecule has 0 aliphatic carbocycles. The van der Waals surface area contributed by atoms with E-state index in [9.17, 15) is 4.79 Å². The lowest BCUT2D eigenvalue weighted by molar-refractivity contribution is -0.111. The van der Waals surface area contributed by atoms with Gasteiger partial charge in [-0.25, -0.2) is 4.98 Å². The molecular weight excluding hydrogens is 270 g/mol. The zero-order valence-corrected chi connectivity index (χ0v) is 10.6. The molecule has 16 heavy (non-hydrogen) atoms. The van der Waals surface area contributed by atoms with Crippen LogP contribution in [-0.2, 0) is 4.79 Å². The van der Waals surface area contributed by atoms with Gasteiger partial charge in [-0.3, -0.25) is 4.90 Å². The van der Waals surface area contributed by atoms with Gasteiger partial charge >= 0.3 is 0 Å². The van der Waals surface area contributed by atoms with Crippen LogP contribution in [0, 0.1) is 0 Å². The molecule has 2 unspecified atom stereocenters. The summed E-state index contributed by atoms with van der Waals surface area (Å²) < 4.78 is 0.821. The number of nitrogen functional groups attached to an aromatic ring is 1. The number of aldehydes is 1. The Bertz CT molecular complexity index is 410. The normalized spacial score (nSPS) is 25.9. The van der Waals surface area contributed by atoms with Crippen molar-refractivity contribution < 1.29 is 4.79 Å². The zero-order chi connectivity index (χ0) is 11.7. The van der Waals surface area contributed by atoms with Crippen molar-refractivity contribution in [1.29, 1.82) is 0 Å². The van der Waals surface area contributed by atoms with Crippen LogP contribution in [0.15, 0.2) is 16.7 Å². The lowest BCUT2D eigenvalue weighted by Gasteiger charge is -2.12. The molecule has 86 valence electrons. The molecule has 0 aromatic carbocycles. The number of hydrogen-bond acceptors (Lipinski definition) is 4. The Labute approximate surface area is 103 Å². The molecule has 2 heterocycles. The van der Waals surface area contributed by atoms with Gasteiger partial charge in [0.15, 0.2) is 0 Å². The van der Waals surface area contributed by atoms with E-state index in [-0.39, 0.29) is 6.04 Å². The van der Waals surface area contributed by atoms with Crippen molar-refractivity contribution >= 4 is 28.0 Å². The third kappa shape index (κ3) is 2.10. The highest BCUT2D eigenvalue weighted by Gasteiger charge is 2.30. The molecule has 0 saturated carbocycles. The minimum atomic E-state index is 0.0290. The summed E-state index contributed by atoms with van der Waals surface area (Å²) in [4.78, 5) is 17.0. The Morgan fingerprint density at radius 1 is 1.69 bits per heavy atom. The summed E-state index contributed by atoms with van der Waals surface area (Å²) in [5.41, 5.74) is 6.78. The van der Waals surface area contributed by atoms with Crippen LogP contribution in [0.5, 0.6) is 0 Å². The highest BCUT2D eigenvalue weighted by molar-refractivity contribution is 9.10. The fraction of sp³-hybridized carbons (Fsp3) is 0.455. The number of anilines is 1. The predicted octanol–water partition coefficient (Wildman–Crippen LogP) is 1.41. The topological polar surface area (TPSA) is 59.2 Å². The summed E-state index contributed by atoms with van der Waals surface area (Å²) >= 11 is 3.37. The predicted molar refractivity (Wildman–Crippen MR) is 66.2 cm³/mol. The molecule has 0 amide bonds. The number of hydrogen-bond donors (Lipinski definition) is 1. The number of likely N-dealkylation sites (tertiary alicyclic amines) is 1. The highest BCUT2D eigenvalue weighted by atomic mass is 79.9. The molecule has 2 N–H and O–H groups in total. The number of carbonyl (C=O) groups is 1. The Hall–Kier alpha value is -0.940. The van der Waals surface area contributed by atoms with Gasteiger partial charge in [-0.15, -0.1) is 0 Å². The largest absolute Gasteiger partial charge is 0.383 e. The van der Waals surface area contributed by atoms with Crippen molar-refractivity contribution in [2.45, 2.75) is 18.4 Å². The van der Waals surface area contributed by atoms with E-state index in [0.717, 1.165) is 29.3 Å². The number of rotatable bonds is 2. The molecule has 1 aliphatic heterocycles. The van der Waals surface area contributed by atoms with E-state index in [1.165, 1.54) is 0 Å². The van der Waals surface area contributed by atoms with Gasteiger partial charge < -0.3 is 10.5 Å². The number of aromatic nitrogens is 1. The van der Waals surface area contributed by atoms with E-state index in [1.807, 2.05) is 13.1 Å². The van der Waals surface area contributed by atoms with Crippen molar-refractivity contribution in [2.24, 2.45) is 0 Å². The van der Waals surface area contributed by atoms with Crippen LogP contribution in [-0.4, -0.2) is 35.8 Å². The van der Waals surface area contributed by atoms with E-state index < -0.39 is 0 Å². The van der Waals surface area contributed by atoms with E-state index in [2.05, 4.69) is 25.8 Å². The molecular formula is C11H14BrN3O. The summed E-state index contributed by atoms with van der Waals surface area (Å²) in [7, 11) is 1.97. The van der Waals surface area contributed by atoms with E-state index in [1.54, 1.807) is 6.20 Å². The number of halogens is 1. The number of nitrogens with zero attached hydrogens (tertiary/aromatic N) is 2. The van der Waals surface area contributed by atoms with Crippen LogP contribution in [0.2, 0.25) is 0 Å². The maximum Gasteiger partial charge on any atom is 0.137 e. The Balaban J connectivity index is 2.20. The van der Waals surface area contributed by atoms with Gasteiger partial charge in [0.05, 0.1) is 10.5 Å². The second-order valence-corrected chi connectivity index (χ2v) is 5.07. The monoisotopic (exact) mass is 283 g/mol. The minimum absolute atomic E-state index is 0.0290. The van der Waals surface area contributed by atoms with Gasteiger partial charge in [0.25, 0.3) is 0 Å². The highest BCUT2D eigenvalue weighted by Crippen LogP contribution is 2.31. The quantitative estimate of drug-likeness (QED) is 0.834. The fourth-order valence-corrected chi connectivity index (χ4v) is 2.48.